The van der Waals surface area contributed by atoms with Crippen molar-refractivity contribution >= 4 is 11.6 Å². The molecule has 28 heavy (non-hydrogen) atoms. The minimum Gasteiger partial charge on any atom is -0.375 e. The summed E-state index contributed by atoms with van der Waals surface area (Å²) in [7, 11) is 0. The highest BCUT2D eigenvalue weighted by Gasteiger charge is 2.27. The Morgan fingerprint density at radius 2 is 1.68 bits per heavy atom. The lowest BCUT2D eigenvalue weighted by molar-refractivity contribution is -0.0540. The van der Waals surface area contributed by atoms with Crippen LogP contribution in [-0.2, 0) is 4.74 Å². The molecular weight excluding hydrogens is 352 g/mol. The maximum Gasteiger partial charge on any atom is 0.270 e. The van der Waals surface area contributed by atoms with Crippen LogP contribution in [0.15, 0.2) is 18.3 Å². The van der Waals surface area contributed by atoms with Gasteiger partial charge in [-0.15, -0.1) is 0 Å². The normalized spacial score (nSPS) is 20.1. The van der Waals surface area contributed by atoms with Gasteiger partial charge in [-0.2, -0.15) is 0 Å². The van der Waals surface area contributed by atoms with E-state index in [1.54, 1.807) is 6.20 Å². The van der Waals surface area contributed by atoms with E-state index in [2.05, 4.69) is 33.9 Å². The number of likely N-dealkylation sites (tertiary alicyclic amines) is 1. The van der Waals surface area contributed by atoms with E-state index in [-0.39, 0.29) is 11.9 Å². The molecule has 6 nitrogen and oxygen atoms in total. The van der Waals surface area contributed by atoms with Crippen molar-refractivity contribution in [2.24, 2.45) is 0 Å². The molecule has 0 radical (unpaired) electrons. The average Bonchev–Trinajstić information content (AvgIpc) is 2.68. The predicted octanol–water partition coefficient (Wildman–Crippen LogP) is 3.08. The largest absolute Gasteiger partial charge is 0.375 e. The minimum absolute atomic E-state index is 0.109. The van der Waals surface area contributed by atoms with Crippen LogP contribution in [0.3, 0.4) is 0 Å². The molecule has 2 saturated heterocycles. The molecule has 1 N–H and O–H groups in total. The Labute approximate surface area is 169 Å². The number of anilines is 1. The molecule has 3 heterocycles. The zero-order valence-corrected chi connectivity index (χ0v) is 17.9. The number of pyridine rings is 1. The summed E-state index contributed by atoms with van der Waals surface area (Å²) in [5.74, 6) is -0.109. The first-order valence-electron chi connectivity index (χ1n) is 10.8. The highest BCUT2D eigenvalue weighted by atomic mass is 16.5. The number of hydrogen-bond donors (Lipinski definition) is 1. The number of nitrogens with one attached hydrogen (secondary N) is 1. The van der Waals surface area contributed by atoms with Crippen molar-refractivity contribution < 1.29 is 9.53 Å². The Bertz CT molecular complexity index is 633. The van der Waals surface area contributed by atoms with Gasteiger partial charge in [-0.05, 0) is 65.5 Å². The topological polar surface area (TPSA) is 57.7 Å². The second-order valence-corrected chi connectivity index (χ2v) is 8.68. The van der Waals surface area contributed by atoms with E-state index in [4.69, 9.17) is 4.74 Å². The smallest absolute Gasteiger partial charge is 0.270 e. The average molecular weight is 389 g/mol. The van der Waals surface area contributed by atoms with Crippen molar-refractivity contribution in [3.8, 4) is 0 Å². The van der Waals surface area contributed by atoms with Crippen LogP contribution in [0.2, 0.25) is 0 Å². The molecule has 0 saturated carbocycles. The molecule has 1 aromatic heterocycles. The van der Waals surface area contributed by atoms with E-state index in [9.17, 15) is 4.79 Å². The Morgan fingerprint density at radius 1 is 1.07 bits per heavy atom. The lowest BCUT2D eigenvalue weighted by Crippen LogP contribution is -2.44. The fraction of sp³-hybridized carbons (Fsp3) is 0.727. The first kappa shape index (κ1) is 21.1. The minimum atomic E-state index is -0.109. The molecule has 0 atom stereocenters. The molecule has 1 aromatic rings. The van der Waals surface area contributed by atoms with Gasteiger partial charge in [-0.25, -0.2) is 0 Å². The summed E-state index contributed by atoms with van der Waals surface area (Å²) >= 11 is 0. The molecule has 2 fully saturated rings. The number of nitrogens with zero attached hydrogens (tertiary/aromatic N) is 3. The first-order valence-corrected chi connectivity index (χ1v) is 10.8. The van der Waals surface area contributed by atoms with Crippen LogP contribution in [0.5, 0.6) is 0 Å². The van der Waals surface area contributed by atoms with E-state index in [1.807, 2.05) is 26.0 Å². The Morgan fingerprint density at radius 3 is 2.25 bits per heavy atom. The maximum atomic E-state index is 12.2. The summed E-state index contributed by atoms with van der Waals surface area (Å²) in [5, 5.41) is 2.91. The fourth-order valence-corrected chi connectivity index (χ4v) is 4.13. The van der Waals surface area contributed by atoms with Gasteiger partial charge in [-0.3, -0.25) is 9.78 Å². The monoisotopic (exact) mass is 388 g/mol. The van der Waals surface area contributed by atoms with Crippen molar-refractivity contribution in [2.45, 2.75) is 77.7 Å². The summed E-state index contributed by atoms with van der Waals surface area (Å²) < 4.78 is 6.42. The highest BCUT2D eigenvalue weighted by Crippen LogP contribution is 2.25. The van der Waals surface area contributed by atoms with Crippen molar-refractivity contribution in [2.75, 3.05) is 31.1 Å². The quantitative estimate of drug-likeness (QED) is 0.812. The summed E-state index contributed by atoms with van der Waals surface area (Å²) in [6.07, 6.45) is 6.89. The third-order valence-electron chi connectivity index (χ3n) is 5.79. The van der Waals surface area contributed by atoms with E-state index in [1.165, 1.54) is 0 Å². The first-order chi connectivity index (χ1) is 13.4. The number of carbonyl (C=O) groups is 1. The molecule has 0 bridgehead atoms. The molecule has 0 unspecified atom stereocenters. The summed E-state index contributed by atoms with van der Waals surface area (Å²) in [6.45, 7) is 12.7. The second kappa shape index (κ2) is 9.70. The van der Waals surface area contributed by atoms with E-state index in [0.29, 0.717) is 23.9 Å². The Balaban J connectivity index is 1.47. The molecule has 0 spiro atoms. The number of piperidine rings is 2. The van der Waals surface area contributed by atoms with Crippen molar-refractivity contribution in [3.05, 3.63) is 24.0 Å². The van der Waals surface area contributed by atoms with Crippen LogP contribution in [0.4, 0.5) is 5.69 Å². The number of carbonyl (C=O) groups excluding carboxylic acids is 1. The zero-order chi connectivity index (χ0) is 20.1. The van der Waals surface area contributed by atoms with Gasteiger partial charge in [0.15, 0.2) is 0 Å². The highest BCUT2D eigenvalue weighted by molar-refractivity contribution is 5.93. The third-order valence-corrected chi connectivity index (χ3v) is 5.79. The second-order valence-electron chi connectivity index (χ2n) is 8.68. The molecule has 6 heteroatoms. The number of aromatic nitrogens is 1. The van der Waals surface area contributed by atoms with Crippen LogP contribution < -0.4 is 10.2 Å². The number of hydrogen-bond acceptors (Lipinski definition) is 5. The van der Waals surface area contributed by atoms with Gasteiger partial charge in [-0.1, -0.05) is 0 Å². The van der Waals surface area contributed by atoms with Crippen LogP contribution in [0, 0.1) is 0 Å². The maximum absolute atomic E-state index is 12.2. The van der Waals surface area contributed by atoms with Gasteiger partial charge >= 0.3 is 0 Å². The van der Waals surface area contributed by atoms with Crippen LogP contribution >= 0.6 is 0 Å². The molecule has 2 aliphatic rings. The standard InChI is InChI=1S/C22H36N4O2/c1-16(2)24-22(27)21-15-18(5-10-23-21)26-13-8-20(9-14-26)28-19-6-11-25(12-7-19)17(3)4/h5,10,15-17,19-20H,6-9,11-14H2,1-4H3,(H,24,27). The van der Waals surface area contributed by atoms with Crippen LogP contribution in [0.1, 0.15) is 63.9 Å². The fourth-order valence-electron chi connectivity index (χ4n) is 4.13. The van der Waals surface area contributed by atoms with Crippen LogP contribution in [-0.4, -0.2) is 66.3 Å². The summed E-state index contributed by atoms with van der Waals surface area (Å²) in [5.41, 5.74) is 1.56. The molecule has 2 aliphatic heterocycles. The van der Waals surface area contributed by atoms with Gasteiger partial charge in [0.05, 0.1) is 12.2 Å². The van der Waals surface area contributed by atoms with Gasteiger partial charge in [0, 0.05) is 50.1 Å². The molecule has 1 amide bonds. The van der Waals surface area contributed by atoms with Crippen molar-refractivity contribution in [3.63, 3.8) is 0 Å². The van der Waals surface area contributed by atoms with E-state index in [0.717, 1.165) is 57.5 Å². The lowest BCUT2D eigenvalue weighted by atomic mass is 10.0. The van der Waals surface area contributed by atoms with E-state index < -0.39 is 0 Å². The van der Waals surface area contributed by atoms with E-state index >= 15 is 0 Å². The molecule has 0 aliphatic carbocycles. The Hall–Kier alpha value is -1.66. The number of ether oxygens (including phenoxy) is 1. The summed E-state index contributed by atoms with van der Waals surface area (Å²) in [6, 6.07) is 4.64. The van der Waals surface area contributed by atoms with Gasteiger partial charge in [0.1, 0.15) is 5.69 Å². The summed E-state index contributed by atoms with van der Waals surface area (Å²) in [4.78, 5) is 21.3. The molecule has 0 aromatic carbocycles. The van der Waals surface area contributed by atoms with Crippen LogP contribution in [0.25, 0.3) is 0 Å². The van der Waals surface area contributed by atoms with Gasteiger partial charge in [0.25, 0.3) is 5.91 Å². The SMILES string of the molecule is CC(C)NC(=O)c1cc(N2CCC(OC3CCN(C(C)C)CC3)CC2)ccn1. The molecular formula is C22H36N4O2. The number of amides is 1. The van der Waals surface area contributed by atoms with Gasteiger partial charge in [0.2, 0.25) is 0 Å². The van der Waals surface area contributed by atoms with Crippen molar-refractivity contribution in [1.82, 2.24) is 15.2 Å². The predicted molar refractivity (Wildman–Crippen MR) is 113 cm³/mol. The number of rotatable bonds is 6. The van der Waals surface area contributed by atoms with Crippen molar-refractivity contribution in [1.29, 1.82) is 0 Å². The molecule has 3 rings (SSSR count). The third kappa shape index (κ3) is 5.67. The molecule has 156 valence electrons. The zero-order valence-electron chi connectivity index (χ0n) is 17.9. The lowest BCUT2D eigenvalue weighted by Gasteiger charge is -2.38. The Kier molecular flexibility index (Phi) is 7.30. The van der Waals surface area contributed by atoms with Gasteiger partial charge < -0.3 is 19.9 Å².